The number of aryl methyl sites for hydroxylation is 1. The van der Waals surface area contributed by atoms with Gasteiger partial charge in [0.25, 0.3) is 0 Å². The normalized spacial score (nSPS) is 11.2. The Hall–Kier alpha value is -1.65. The molecule has 2 aromatic heterocycles. The van der Waals surface area contributed by atoms with Gasteiger partial charge >= 0.3 is 0 Å². The van der Waals surface area contributed by atoms with E-state index in [-0.39, 0.29) is 5.88 Å². The first-order valence-electron chi connectivity index (χ1n) is 5.95. The molecule has 3 aromatic rings. The fraction of sp³-hybridized carbons (Fsp3) is 0.143. The summed E-state index contributed by atoms with van der Waals surface area (Å²) in [5.74, 6) is 0.282. The van der Waals surface area contributed by atoms with Crippen LogP contribution >= 0.6 is 23.2 Å². The molecule has 0 aliphatic rings. The van der Waals surface area contributed by atoms with Crippen LogP contribution in [0, 0.1) is 12.7 Å². The van der Waals surface area contributed by atoms with Crippen molar-refractivity contribution in [2.24, 2.45) is 0 Å². The van der Waals surface area contributed by atoms with Gasteiger partial charge in [-0.25, -0.2) is 14.4 Å². The average Bonchev–Trinajstić information content (AvgIpc) is 2.78. The van der Waals surface area contributed by atoms with Crippen LogP contribution in [0.4, 0.5) is 4.39 Å². The van der Waals surface area contributed by atoms with Gasteiger partial charge in [-0.05, 0) is 36.8 Å². The SMILES string of the molecule is Cc1cnc2c(c1)nc(CCl)n2-c1cc(Cl)ccc1F. The van der Waals surface area contributed by atoms with E-state index in [9.17, 15) is 4.39 Å². The molecule has 3 rings (SSSR count). The van der Waals surface area contributed by atoms with Gasteiger partial charge in [-0.15, -0.1) is 11.6 Å². The molecular formula is C14H10Cl2FN3. The van der Waals surface area contributed by atoms with Crippen molar-refractivity contribution >= 4 is 34.4 Å². The molecule has 0 atom stereocenters. The minimum absolute atomic E-state index is 0.154. The van der Waals surface area contributed by atoms with Gasteiger partial charge < -0.3 is 0 Å². The maximum absolute atomic E-state index is 14.1. The summed E-state index contributed by atoms with van der Waals surface area (Å²) in [7, 11) is 0. The van der Waals surface area contributed by atoms with Crippen molar-refractivity contribution in [2.45, 2.75) is 12.8 Å². The maximum atomic E-state index is 14.1. The third-order valence-electron chi connectivity index (χ3n) is 2.97. The minimum Gasteiger partial charge on any atom is -0.277 e. The summed E-state index contributed by atoms with van der Waals surface area (Å²) in [6.07, 6.45) is 1.71. The lowest BCUT2D eigenvalue weighted by Gasteiger charge is -2.08. The number of rotatable bonds is 2. The van der Waals surface area contributed by atoms with Crippen LogP contribution in [-0.2, 0) is 5.88 Å². The van der Waals surface area contributed by atoms with Gasteiger partial charge in [-0.3, -0.25) is 4.57 Å². The average molecular weight is 310 g/mol. The molecule has 1 aromatic carbocycles. The maximum Gasteiger partial charge on any atom is 0.164 e. The van der Waals surface area contributed by atoms with Crippen molar-refractivity contribution in [1.29, 1.82) is 0 Å². The molecule has 0 spiro atoms. The zero-order valence-corrected chi connectivity index (χ0v) is 12.1. The summed E-state index contributed by atoms with van der Waals surface area (Å²) in [4.78, 5) is 8.73. The van der Waals surface area contributed by atoms with Gasteiger partial charge in [-0.1, -0.05) is 11.6 Å². The second-order valence-electron chi connectivity index (χ2n) is 4.45. The Balaban J connectivity index is 2.37. The number of hydrogen-bond donors (Lipinski definition) is 0. The molecular weight excluding hydrogens is 300 g/mol. The summed E-state index contributed by atoms with van der Waals surface area (Å²) in [6.45, 7) is 1.92. The molecule has 102 valence electrons. The summed E-state index contributed by atoms with van der Waals surface area (Å²) < 4.78 is 15.7. The Morgan fingerprint density at radius 2 is 2.10 bits per heavy atom. The highest BCUT2D eigenvalue weighted by Gasteiger charge is 2.16. The highest BCUT2D eigenvalue weighted by molar-refractivity contribution is 6.30. The van der Waals surface area contributed by atoms with Crippen LogP contribution in [0.3, 0.4) is 0 Å². The molecule has 20 heavy (non-hydrogen) atoms. The Morgan fingerprint density at radius 1 is 1.30 bits per heavy atom. The van der Waals surface area contributed by atoms with E-state index in [0.29, 0.717) is 27.7 Å². The van der Waals surface area contributed by atoms with Crippen molar-refractivity contribution in [1.82, 2.24) is 14.5 Å². The number of nitrogens with zero attached hydrogens (tertiary/aromatic N) is 3. The fourth-order valence-corrected chi connectivity index (χ4v) is 2.46. The monoisotopic (exact) mass is 309 g/mol. The van der Waals surface area contributed by atoms with Crippen LogP contribution < -0.4 is 0 Å². The number of alkyl halides is 1. The van der Waals surface area contributed by atoms with Crippen molar-refractivity contribution in [3.8, 4) is 5.69 Å². The molecule has 0 saturated carbocycles. The van der Waals surface area contributed by atoms with E-state index in [1.54, 1.807) is 10.8 Å². The molecule has 0 fully saturated rings. The largest absolute Gasteiger partial charge is 0.277 e. The smallest absolute Gasteiger partial charge is 0.164 e. The van der Waals surface area contributed by atoms with Crippen LogP contribution in [0.2, 0.25) is 5.02 Å². The number of halogens is 3. The molecule has 0 unspecified atom stereocenters. The van der Waals surface area contributed by atoms with Crippen LogP contribution in [-0.4, -0.2) is 14.5 Å². The first-order chi connectivity index (χ1) is 9.60. The van der Waals surface area contributed by atoms with Gasteiger partial charge in [0.05, 0.1) is 11.6 Å². The minimum atomic E-state index is -0.401. The number of fused-ring (bicyclic) bond motifs is 1. The Labute approximate surface area is 125 Å². The van der Waals surface area contributed by atoms with Crippen molar-refractivity contribution in [3.63, 3.8) is 0 Å². The van der Waals surface area contributed by atoms with E-state index in [4.69, 9.17) is 23.2 Å². The lowest BCUT2D eigenvalue weighted by Crippen LogP contribution is -2.03. The third-order valence-corrected chi connectivity index (χ3v) is 3.45. The van der Waals surface area contributed by atoms with E-state index in [1.807, 2.05) is 13.0 Å². The van der Waals surface area contributed by atoms with Crippen LogP contribution in [0.5, 0.6) is 0 Å². The van der Waals surface area contributed by atoms with Crippen molar-refractivity contribution in [2.75, 3.05) is 0 Å². The number of benzene rings is 1. The summed E-state index contributed by atoms with van der Waals surface area (Å²) in [6, 6.07) is 6.24. The zero-order chi connectivity index (χ0) is 14.3. The van der Waals surface area contributed by atoms with Crippen molar-refractivity contribution in [3.05, 3.63) is 52.7 Å². The molecule has 0 bridgehead atoms. The quantitative estimate of drug-likeness (QED) is 0.662. The van der Waals surface area contributed by atoms with Gasteiger partial charge in [-0.2, -0.15) is 0 Å². The summed E-state index contributed by atoms with van der Waals surface area (Å²) >= 11 is 11.9. The van der Waals surface area contributed by atoms with E-state index in [2.05, 4.69) is 9.97 Å². The van der Waals surface area contributed by atoms with Crippen LogP contribution in [0.25, 0.3) is 16.9 Å². The van der Waals surface area contributed by atoms with E-state index in [0.717, 1.165) is 5.56 Å². The fourth-order valence-electron chi connectivity index (χ4n) is 2.11. The molecule has 0 radical (unpaired) electrons. The predicted molar refractivity (Wildman–Crippen MR) is 78.1 cm³/mol. The number of hydrogen-bond acceptors (Lipinski definition) is 2. The lowest BCUT2D eigenvalue weighted by atomic mass is 10.3. The van der Waals surface area contributed by atoms with Crippen molar-refractivity contribution < 1.29 is 4.39 Å². The predicted octanol–water partition coefficient (Wildman–Crippen LogP) is 4.26. The van der Waals surface area contributed by atoms with E-state index in [1.165, 1.54) is 18.2 Å². The molecule has 0 saturated heterocycles. The number of aromatic nitrogens is 3. The summed E-state index contributed by atoms with van der Waals surface area (Å²) in [5, 5.41) is 0.441. The summed E-state index contributed by atoms with van der Waals surface area (Å²) in [5.41, 5.74) is 2.52. The zero-order valence-electron chi connectivity index (χ0n) is 10.6. The second-order valence-corrected chi connectivity index (χ2v) is 5.15. The topological polar surface area (TPSA) is 30.7 Å². The molecule has 2 heterocycles. The van der Waals surface area contributed by atoms with Crippen LogP contribution in [0.1, 0.15) is 11.4 Å². The highest BCUT2D eigenvalue weighted by Crippen LogP contribution is 2.25. The Morgan fingerprint density at radius 3 is 2.85 bits per heavy atom. The molecule has 0 aliphatic heterocycles. The first-order valence-corrected chi connectivity index (χ1v) is 6.87. The number of pyridine rings is 1. The molecule has 0 aliphatic carbocycles. The standard InChI is InChI=1S/C14H10Cl2FN3/c1-8-4-11-14(18-7-8)20(13(6-15)19-11)12-5-9(16)2-3-10(12)17/h2-5,7H,6H2,1H3. The molecule has 3 nitrogen and oxygen atoms in total. The molecule has 0 N–H and O–H groups in total. The molecule has 6 heteroatoms. The van der Waals surface area contributed by atoms with Gasteiger partial charge in [0.2, 0.25) is 0 Å². The Bertz CT molecular complexity index is 798. The third kappa shape index (κ3) is 2.15. The van der Waals surface area contributed by atoms with E-state index >= 15 is 0 Å². The second kappa shape index (κ2) is 5.04. The van der Waals surface area contributed by atoms with Crippen LogP contribution in [0.15, 0.2) is 30.5 Å². The number of imidazole rings is 1. The first kappa shape index (κ1) is 13.3. The lowest BCUT2D eigenvalue weighted by molar-refractivity contribution is 0.617. The highest BCUT2D eigenvalue weighted by atomic mass is 35.5. The van der Waals surface area contributed by atoms with Gasteiger partial charge in [0, 0.05) is 11.2 Å². The van der Waals surface area contributed by atoms with Gasteiger partial charge in [0.15, 0.2) is 5.65 Å². The Kier molecular flexibility index (Phi) is 3.36. The van der Waals surface area contributed by atoms with E-state index < -0.39 is 5.82 Å². The molecule has 0 amide bonds. The van der Waals surface area contributed by atoms with Gasteiger partial charge in [0.1, 0.15) is 17.2 Å².